The Labute approximate surface area is 156 Å². The molecule has 7 nitrogen and oxygen atoms in total. The number of anilines is 2. The van der Waals surface area contributed by atoms with E-state index >= 15 is 0 Å². The summed E-state index contributed by atoms with van der Waals surface area (Å²) in [6, 6.07) is 7.80. The molecule has 1 heterocycles. The Hall–Kier alpha value is -3.01. The highest BCUT2D eigenvalue weighted by atomic mass is 32.1. The first-order chi connectivity index (χ1) is 12.5. The summed E-state index contributed by atoms with van der Waals surface area (Å²) in [5.41, 5.74) is 3.65. The summed E-state index contributed by atoms with van der Waals surface area (Å²) in [5.74, 6) is 1.83. The molecule has 0 unspecified atom stereocenters. The number of allylic oxidation sites excluding steroid dienone is 1. The van der Waals surface area contributed by atoms with E-state index in [2.05, 4.69) is 44.7 Å². The van der Waals surface area contributed by atoms with Gasteiger partial charge in [0.25, 0.3) is 0 Å². The highest BCUT2D eigenvalue weighted by Gasteiger charge is 2.11. The van der Waals surface area contributed by atoms with Gasteiger partial charge in [0, 0.05) is 18.8 Å². The van der Waals surface area contributed by atoms with Gasteiger partial charge in [0.1, 0.15) is 23.3 Å². The average molecular weight is 368 g/mol. The van der Waals surface area contributed by atoms with Crippen LogP contribution in [0, 0.1) is 18.3 Å². The van der Waals surface area contributed by atoms with Crippen molar-refractivity contribution in [3.8, 4) is 6.07 Å². The fraction of sp³-hybridized carbons (Fsp3) is 0.333. The van der Waals surface area contributed by atoms with Gasteiger partial charge in [-0.05, 0) is 57.4 Å². The molecule has 0 amide bonds. The summed E-state index contributed by atoms with van der Waals surface area (Å²) in [7, 11) is 0. The van der Waals surface area contributed by atoms with Crippen LogP contribution in [0.3, 0.4) is 0 Å². The van der Waals surface area contributed by atoms with Crippen molar-refractivity contribution in [2.75, 3.05) is 23.3 Å². The van der Waals surface area contributed by atoms with Crippen molar-refractivity contribution in [3.63, 3.8) is 0 Å². The topological polar surface area (TPSA) is 93.7 Å². The first kappa shape index (κ1) is 19.3. The van der Waals surface area contributed by atoms with E-state index in [9.17, 15) is 10.1 Å². The van der Waals surface area contributed by atoms with Crippen LogP contribution in [-0.4, -0.2) is 23.4 Å². The molecule has 2 aromatic rings. The molecule has 1 aromatic carbocycles. The number of hydrogen-bond donors (Lipinski definition) is 1. The lowest BCUT2D eigenvalue weighted by Crippen LogP contribution is -2.21. The molecule has 0 aliphatic rings. The third-order valence-electron chi connectivity index (χ3n) is 3.79. The standard InChI is InChI=1S/C18H20N6OS/c1-5-24(6-2)14-7-8-16(17(9-14)20-12(3)11-25)21-22-18-15(10-19)13(4)23-26-18/h7-9,20H,5-6H2,1-4H3. The number of azo groups is 1. The van der Waals surface area contributed by atoms with E-state index < -0.39 is 0 Å². The quantitative estimate of drug-likeness (QED) is 0.563. The number of benzene rings is 1. The van der Waals surface area contributed by atoms with Gasteiger partial charge in [-0.1, -0.05) is 0 Å². The fourth-order valence-corrected chi connectivity index (χ4v) is 3.05. The van der Waals surface area contributed by atoms with Crippen molar-refractivity contribution < 1.29 is 4.79 Å². The predicted octanol–water partition coefficient (Wildman–Crippen LogP) is 4.73. The summed E-state index contributed by atoms with van der Waals surface area (Å²) in [6.07, 6.45) is 0. The number of rotatable bonds is 7. The zero-order chi connectivity index (χ0) is 19.1. The monoisotopic (exact) mass is 368 g/mol. The molecule has 0 spiro atoms. The number of aromatic nitrogens is 1. The molecule has 8 heteroatoms. The van der Waals surface area contributed by atoms with Crippen LogP contribution in [-0.2, 0) is 4.79 Å². The molecule has 26 heavy (non-hydrogen) atoms. The van der Waals surface area contributed by atoms with Gasteiger partial charge in [0.05, 0.1) is 17.1 Å². The molecule has 134 valence electrons. The summed E-state index contributed by atoms with van der Waals surface area (Å²) < 4.78 is 4.13. The van der Waals surface area contributed by atoms with Gasteiger partial charge in [-0.15, -0.1) is 10.2 Å². The first-order valence-corrected chi connectivity index (χ1v) is 8.97. The minimum absolute atomic E-state index is 0.351. The lowest BCUT2D eigenvalue weighted by molar-refractivity contribution is 0.567. The van der Waals surface area contributed by atoms with Crippen LogP contribution in [0.5, 0.6) is 0 Å². The lowest BCUT2D eigenvalue weighted by atomic mass is 10.2. The highest BCUT2D eigenvalue weighted by Crippen LogP contribution is 2.34. The maximum Gasteiger partial charge on any atom is 0.176 e. The second-order valence-electron chi connectivity index (χ2n) is 5.49. The summed E-state index contributed by atoms with van der Waals surface area (Å²) in [5, 5.41) is 21.1. The third-order valence-corrected chi connectivity index (χ3v) is 4.61. The second-order valence-corrected chi connectivity index (χ2v) is 6.24. The van der Waals surface area contributed by atoms with Gasteiger partial charge in [0.15, 0.2) is 5.00 Å². The van der Waals surface area contributed by atoms with Crippen LogP contribution in [0.2, 0.25) is 0 Å². The van der Waals surface area contributed by atoms with Crippen molar-refractivity contribution in [1.82, 2.24) is 4.37 Å². The van der Waals surface area contributed by atoms with E-state index in [-0.39, 0.29) is 0 Å². The van der Waals surface area contributed by atoms with Crippen LogP contribution in [0.15, 0.2) is 34.1 Å². The minimum Gasteiger partial charge on any atom is -0.372 e. The highest BCUT2D eigenvalue weighted by molar-refractivity contribution is 7.10. The SMILES string of the molecule is CCN(CC)c1ccc(N=Nc2snc(C)c2C#N)c(NC(C)=C=O)c1. The van der Waals surface area contributed by atoms with E-state index in [4.69, 9.17) is 0 Å². The van der Waals surface area contributed by atoms with Crippen molar-refractivity contribution >= 4 is 39.5 Å². The molecular weight excluding hydrogens is 348 g/mol. The fourth-order valence-electron chi connectivity index (χ4n) is 2.38. The van der Waals surface area contributed by atoms with Crippen molar-refractivity contribution in [3.05, 3.63) is 35.2 Å². The van der Waals surface area contributed by atoms with Gasteiger partial charge in [-0.3, -0.25) is 0 Å². The first-order valence-electron chi connectivity index (χ1n) is 8.19. The molecule has 1 aromatic heterocycles. The molecular formula is C18H20N6OS. The third kappa shape index (κ3) is 4.33. The summed E-state index contributed by atoms with van der Waals surface area (Å²) in [6.45, 7) is 9.29. The molecule has 0 bridgehead atoms. The Morgan fingerprint density at radius 3 is 2.69 bits per heavy atom. The molecule has 0 saturated carbocycles. The van der Waals surface area contributed by atoms with E-state index in [1.54, 1.807) is 13.8 Å². The lowest BCUT2D eigenvalue weighted by Gasteiger charge is -2.22. The Bertz CT molecular complexity index is 901. The number of aryl methyl sites for hydroxylation is 1. The Kier molecular flexibility index (Phi) is 6.61. The van der Waals surface area contributed by atoms with Gasteiger partial charge in [-0.2, -0.15) is 9.64 Å². The van der Waals surface area contributed by atoms with Crippen LogP contribution in [0.4, 0.5) is 22.1 Å². The average Bonchev–Trinajstić information content (AvgIpc) is 3.01. The number of nitrogens with one attached hydrogen (secondary N) is 1. The van der Waals surface area contributed by atoms with Crippen LogP contribution in [0.1, 0.15) is 32.0 Å². The molecule has 0 atom stereocenters. The Morgan fingerprint density at radius 1 is 1.35 bits per heavy atom. The molecule has 0 fully saturated rings. The van der Waals surface area contributed by atoms with E-state index in [1.807, 2.05) is 24.1 Å². The summed E-state index contributed by atoms with van der Waals surface area (Å²) in [4.78, 5) is 13.1. The molecule has 0 saturated heterocycles. The van der Waals surface area contributed by atoms with Crippen molar-refractivity contribution in [2.24, 2.45) is 10.2 Å². The number of nitriles is 1. The molecule has 0 aliphatic carbocycles. The van der Waals surface area contributed by atoms with Gasteiger partial charge < -0.3 is 10.2 Å². The number of carbonyl (C=O) groups excluding carboxylic acids is 1. The van der Waals surface area contributed by atoms with E-state index in [1.165, 1.54) is 0 Å². The second kappa shape index (κ2) is 8.90. The van der Waals surface area contributed by atoms with Crippen LogP contribution >= 0.6 is 11.5 Å². The Morgan fingerprint density at radius 2 is 2.08 bits per heavy atom. The maximum absolute atomic E-state index is 10.9. The van der Waals surface area contributed by atoms with Crippen molar-refractivity contribution in [2.45, 2.75) is 27.7 Å². The molecule has 2 rings (SSSR count). The van der Waals surface area contributed by atoms with Gasteiger partial charge >= 0.3 is 0 Å². The smallest absolute Gasteiger partial charge is 0.176 e. The van der Waals surface area contributed by atoms with Crippen LogP contribution in [0.25, 0.3) is 0 Å². The Balaban J connectivity index is 2.44. The van der Waals surface area contributed by atoms with Gasteiger partial charge in [-0.25, -0.2) is 4.79 Å². The molecule has 0 aliphatic heterocycles. The van der Waals surface area contributed by atoms with Crippen LogP contribution < -0.4 is 10.2 Å². The summed E-state index contributed by atoms with van der Waals surface area (Å²) >= 11 is 1.13. The van der Waals surface area contributed by atoms with Gasteiger partial charge in [0.2, 0.25) is 0 Å². The number of hydrogen-bond acceptors (Lipinski definition) is 8. The molecule has 0 radical (unpaired) electrons. The predicted molar refractivity (Wildman–Crippen MR) is 104 cm³/mol. The normalized spacial score (nSPS) is 10.4. The molecule has 1 N–H and O–H groups in total. The number of nitrogens with zero attached hydrogens (tertiary/aromatic N) is 5. The minimum atomic E-state index is 0.351. The largest absolute Gasteiger partial charge is 0.372 e. The van der Waals surface area contributed by atoms with E-state index in [0.717, 1.165) is 30.3 Å². The zero-order valence-electron chi connectivity index (χ0n) is 15.2. The van der Waals surface area contributed by atoms with Crippen molar-refractivity contribution in [1.29, 1.82) is 5.26 Å². The maximum atomic E-state index is 10.9. The zero-order valence-corrected chi connectivity index (χ0v) is 16.0. The van der Waals surface area contributed by atoms with E-state index in [0.29, 0.717) is 33.3 Å².